The summed E-state index contributed by atoms with van der Waals surface area (Å²) in [5.41, 5.74) is 1.42. The van der Waals surface area contributed by atoms with E-state index in [4.69, 9.17) is 4.74 Å². The van der Waals surface area contributed by atoms with Crippen LogP contribution in [0.15, 0.2) is 36.4 Å². The fourth-order valence-corrected chi connectivity index (χ4v) is 2.27. The zero-order chi connectivity index (χ0) is 11.2. The SMILES string of the molecule is COc1ccc(CCC2C=CCCC2)cc1. The predicted molar refractivity (Wildman–Crippen MR) is 67.8 cm³/mol. The average Bonchev–Trinajstić information content (AvgIpc) is 2.38. The molecule has 0 aromatic heterocycles. The molecule has 2 rings (SSSR count). The molecule has 1 heteroatoms. The summed E-state index contributed by atoms with van der Waals surface area (Å²) in [4.78, 5) is 0. The highest BCUT2D eigenvalue weighted by atomic mass is 16.5. The van der Waals surface area contributed by atoms with Crippen LogP contribution in [0.4, 0.5) is 0 Å². The fourth-order valence-electron chi connectivity index (χ4n) is 2.27. The summed E-state index contributed by atoms with van der Waals surface area (Å²) in [7, 11) is 1.71. The van der Waals surface area contributed by atoms with Gasteiger partial charge in [0.2, 0.25) is 0 Å². The number of ether oxygens (including phenoxy) is 1. The molecule has 0 spiro atoms. The van der Waals surface area contributed by atoms with Crippen LogP contribution in [0.5, 0.6) is 5.75 Å². The Labute approximate surface area is 98.1 Å². The van der Waals surface area contributed by atoms with Crippen LogP contribution in [0, 0.1) is 5.92 Å². The van der Waals surface area contributed by atoms with Gasteiger partial charge in [-0.2, -0.15) is 0 Å². The van der Waals surface area contributed by atoms with Crippen molar-refractivity contribution in [2.45, 2.75) is 32.1 Å². The van der Waals surface area contributed by atoms with Crippen LogP contribution in [-0.2, 0) is 6.42 Å². The first-order valence-electron chi connectivity index (χ1n) is 6.18. The molecular weight excluding hydrogens is 196 g/mol. The van der Waals surface area contributed by atoms with E-state index in [1.807, 2.05) is 12.1 Å². The van der Waals surface area contributed by atoms with Crippen molar-refractivity contribution in [1.29, 1.82) is 0 Å². The van der Waals surface area contributed by atoms with Gasteiger partial charge in [0.1, 0.15) is 5.75 Å². The van der Waals surface area contributed by atoms with Gasteiger partial charge >= 0.3 is 0 Å². The minimum atomic E-state index is 0.802. The van der Waals surface area contributed by atoms with Crippen molar-refractivity contribution in [3.05, 3.63) is 42.0 Å². The third-order valence-electron chi connectivity index (χ3n) is 3.32. The van der Waals surface area contributed by atoms with Gasteiger partial charge in [0.05, 0.1) is 7.11 Å². The van der Waals surface area contributed by atoms with Gasteiger partial charge in [0.15, 0.2) is 0 Å². The molecule has 0 aliphatic heterocycles. The highest BCUT2D eigenvalue weighted by molar-refractivity contribution is 5.27. The Balaban J connectivity index is 1.84. The normalized spacial score (nSPS) is 19.7. The van der Waals surface area contributed by atoms with Crippen molar-refractivity contribution in [2.24, 2.45) is 5.92 Å². The molecule has 1 aliphatic carbocycles. The smallest absolute Gasteiger partial charge is 0.118 e. The van der Waals surface area contributed by atoms with E-state index in [-0.39, 0.29) is 0 Å². The van der Waals surface area contributed by atoms with Crippen LogP contribution in [0.1, 0.15) is 31.2 Å². The average molecular weight is 216 g/mol. The minimum Gasteiger partial charge on any atom is -0.497 e. The molecule has 1 nitrogen and oxygen atoms in total. The van der Waals surface area contributed by atoms with Crippen LogP contribution < -0.4 is 4.74 Å². The minimum absolute atomic E-state index is 0.802. The topological polar surface area (TPSA) is 9.23 Å². The molecule has 0 radical (unpaired) electrons. The van der Waals surface area contributed by atoms with Gasteiger partial charge in [-0.1, -0.05) is 24.3 Å². The number of hydrogen-bond acceptors (Lipinski definition) is 1. The third kappa shape index (κ3) is 3.13. The second-order valence-corrected chi connectivity index (χ2v) is 4.51. The number of rotatable bonds is 4. The Hall–Kier alpha value is -1.24. The summed E-state index contributed by atoms with van der Waals surface area (Å²) in [6, 6.07) is 8.44. The molecule has 86 valence electrons. The molecule has 16 heavy (non-hydrogen) atoms. The van der Waals surface area contributed by atoms with Gasteiger partial charge in [-0.05, 0) is 55.7 Å². The summed E-state index contributed by atoms with van der Waals surface area (Å²) in [5, 5.41) is 0. The molecule has 1 aromatic carbocycles. The van der Waals surface area contributed by atoms with Crippen LogP contribution >= 0.6 is 0 Å². The molecule has 0 bridgehead atoms. The van der Waals surface area contributed by atoms with Crippen molar-refractivity contribution in [3.8, 4) is 5.75 Å². The second-order valence-electron chi connectivity index (χ2n) is 4.51. The lowest BCUT2D eigenvalue weighted by molar-refractivity contribution is 0.414. The summed E-state index contributed by atoms with van der Waals surface area (Å²) in [6.45, 7) is 0. The molecule has 0 heterocycles. The lowest BCUT2D eigenvalue weighted by Crippen LogP contribution is -2.02. The molecule has 0 amide bonds. The summed E-state index contributed by atoms with van der Waals surface area (Å²) in [6.07, 6.45) is 11.2. The van der Waals surface area contributed by atoms with Crippen molar-refractivity contribution in [2.75, 3.05) is 7.11 Å². The monoisotopic (exact) mass is 216 g/mol. The first kappa shape index (κ1) is 11.3. The number of allylic oxidation sites excluding steroid dienone is 2. The lowest BCUT2D eigenvalue weighted by atomic mass is 9.90. The molecule has 0 saturated heterocycles. The standard InChI is InChI=1S/C15H20O/c1-16-15-11-9-14(10-12-15)8-7-13-5-3-2-4-6-13/h3,5,9-13H,2,4,6-8H2,1H3. The van der Waals surface area contributed by atoms with Crippen molar-refractivity contribution in [3.63, 3.8) is 0 Å². The van der Waals surface area contributed by atoms with Gasteiger partial charge in [-0.3, -0.25) is 0 Å². The third-order valence-corrected chi connectivity index (χ3v) is 3.32. The van der Waals surface area contributed by atoms with Crippen LogP contribution in [0.2, 0.25) is 0 Å². The van der Waals surface area contributed by atoms with Crippen molar-refractivity contribution in [1.82, 2.24) is 0 Å². The summed E-state index contributed by atoms with van der Waals surface area (Å²) >= 11 is 0. The van der Waals surface area contributed by atoms with Crippen LogP contribution in [0.25, 0.3) is 0 Å². The first-order chi connectivity index (χ1) is 7.88. The maximum Gasteiger partial charge on any atom is 0.118 e. The Kier molecular flexibility index (Phi) is 4.03. The first-order valence-corrected chi connectivity index (χ1v) is 6.18. The molecule has 0 fully saturated rings. The Morgan fingerprint density at radius 1 is 1.25 bits per heavy atom. The fraction of sp³-hybridized carbons (Fsp3) is 0.467. The number of benzene rings is 1. The van der Waals surface area contributed by atoms with Crippen LogP contribution in [0.3, 0.4) is 0 Å². The van der Waals surface area contributed by atoms with E-state index in [1.54, 1.807) is 7.11 Å². The van der Waals surface area contributed by atoms with Crippen molar-refractivity contribution >= 4 is 0 Å². The molecule has 0 saturated carbocycles. The van der Waals surface area contributed by atoms with E-state index in [0.717, 1.165) is 11.7 Å². The predicted octanol–water partition coefficient (Wildman–Crippen LogP) is 3.98. The zero-order valence-corrected chi connectivity index (χ0v) is 9.99. The highest BCUT2D eigenvalue weighted by Gasteiger charge is 2.08. The van der Waals surface area contributed by atoms with E-state index in [2.05, 4.69) is 24.3 Å². The number of methoxy groups -OCH3 is 1. The molecule has 1 atom stereocenters. The Morgan fingerprint density at radius 2 is 2.06 bits per heavy atom. The molecule has 0 N–H and O–H groups in total. The lowest BCUT2D eigenvalue weighted by Gasteiger charge is -2.15. The quantitative estimate of drug-likeness (QED) is 0.692. The summed E-state index contributed by atoms with van der Waals surface area (Å²) in [5.74, 6) is 1.75. The van der Waals surface area contributed by atoms with Crippen molar-refractivity contribution < 1.29 is 4.74 Å². The van der Waals surface area contributed by atoms with Gasteiger partial charge in [-0.15, -0.1) is 0 Å². The second kappa shape index (κ2) is 5.74. The maximum absolute atomic E-state index is 5.15. The summed E-state index contributed by atoms with van der Waals surface area (Å²) < 4.78 is 5.15. The Morgan fingerprint density at radius 3 is 2.69 bits per heavy atom. The molecule has 1 aromatic rings. The van der Waals surface area contributed by atoms with Crippen LogP contribution in [-0.4, -0.2) is 7.11 Å². The van der Waals surface area contributed by atoms with Gasteiger partial charge in [0, 0.05) is 0 Å². The van der Waals surface area contributed by atoms with E-state index < -0.39 is 0 Å². The highest BCUT2D eigenvalue weighted by Crippen LogP contribution is 2.22. The number of hydrogen-bond donors (Lipinski definition) is 0. The van der Waals surface area contributed by atoms with E-state index in [1.165, 1.54) is 37.7 Å². The number of aryl methyl sites for hydroxylation is 1. The maximum atomic E-state index is 5.15. The van der Waals surface area contributed by atoms with E-state index in [9.17, 15) is 0 Å². The Bertz CT molecular complexity index is 337. The molecule has 1 unspecified atom stereocenters. The van der Waals surface area contributed by atoms with E-state index in [0.29, 0.717) is 0 Å². The zero-order valence-electron chi connectivity index (χ0n) is 9.99. The van der Waals surface area contributed by atoms with Gasteiger partial charge in [-0.25, -0.2) is 0 Å². The van der Waals surface area contributed by atoms with Gasteiger partial charge in [0.25, 0.3) is 0 Å². The van der Waals surface area contributed by atoms with Gasteiger partial charge < -0.3 is 4.74 Å². The largest absolute Gasteiger partial charge is 0.497 e. The molecule has 1 aliphatic rings. The van der Waals surface area contributed by atoms with E-state index >= 15 is 0 Å². The molecular formula is C15H20O.